The Hall–Kier alpha value is -2.66. The van der Waals surface area contributed by atoms with Gasteiger partial charge in [-0.3, -0.25) is 0 Å². The quantitative estimate of drug-likeness (QED) is 0.450. The molecule has 2 heterocycles. The van der Waals surface area contributed by atoms with Gasteiger partial charge < -0.3 is 9.84 Å². The summed E-state index contributed by atoms with van der Waals surface area (Å²) in [5.41, 5.74) is 4.97. The van der Waals surface area contributed by atoms with Crippen LogP contribution in [0, 0.1) is 0 Å². The highest BCUT2D eigenvalue weighted by Crippen LogP contribution is 2.41. The number of aromatic amines is 1. The van der Waals surface area contributed by atoms with E-state index in [9.17, 15) is 5.11 Å². The Labute approximate surface area is 172 Å². The number of halogens is 1. The monoisotopic (exact) mass is 408 g/mol. The third-order valence-corrected chi connectivity index (χ3v) is 5.63. The molecular weight excluding hydrogens is 390 g/mol. The molecule has 0 atom stereocenters. The van der Waals surface area contributed by atoms with Crippen molar-refractivity contribution in [1.82, 2.24) is 0 Å². The Morgan fingerprint density at radius 1 is 0.929 bits per heavy atom. The molecule has 0 amide bonds. The standard InChI is InChI=1S/C23H18ClNO2S/c24-19-6-7-22(27-15-16-4-2-1-3-5-16)21(11-19)20-8-9-28-23(20)18-10-17(14-26)12-25-13-18/h1-13,26H,14-15H2/p+1. The minimum absolute atomic E-state index is 0.00630. The van der Waals surface area contributed by atoms with Crippen LogP contribution in [0.4, 0.5) is 0 Å². The van der Waals surface area contributed by atoms with E-state index < -0.39 is 0 Å². The second kappa shape index (κ2) is 8.57. The van der Waals surface area contributed by atoms with Gasteiger partial charge >= 0.3 is 0 Å². The normalized spacial score (nSPS) is 10.8. The lowest BCUT2D eigenvalue weighted by molar-refractivity contribution is -0.378. The largest absolute Gasteiger partial charge is 0.488 e. The van der Waals surface area contributed by atoms with Crippen LogP contribution in [0.15, 0.2) is 78.4 Å². The summed E-state index contributed by atoms with van der Waals surface area (Å²) in [7, 11) is 0. The van der Waals surface area contributed by atoms with Crippen LogP contribution in [-0.2, 0) is 13.2 Å². The number of rotatable bonds is 6. The van der Waals surface area contributed by atoms with E-state index in [0.717, 1.165) is 38.4 Å². The van der Waals surface area contributed by atoms with Gasteiger partial charge in [-0.15, -0.1) is 11.3 Å². The summed E-state index contributed by atoms with van der Waals surface area (Å²) in [6, 6.07) is 19.8. The maximum Gasteiger partial charge on any atom is 0.175 e. The molecule has 140 valence electrons. The molecular formula is C23H19ClNO2S+. The van der Waals surface area contributed by atoms with E-state index >= 15 is 0 Å². The first kappa shape index (κ1) is 18.7. The zero-order valence-electron chi connectivity index (χ0n) is 15.1. The van der Waals surface area contributed by atoms with Crippen molar-refractivity contribution in [3.05, 3.63) is 94.6 Å². The maximum atomic E-state index is 9.45. The predicted molar refractivity (Wildman–Crippen MR) is 113 cm³/mol. The van der Waals surface area contributed by atoms with Crippen molar-refractivity contribution in [2.75, 3.05) is 0 Å². The van der Waals surface area contributed by atoms with Crippen molar-refractivity contribution >= 4 is 22.9 Å². The lowest BCUT2D eigenvalue weighted by Crippen LogP contribution is -2.03. The molecule has 2 N–H and O–H groups in total. The van der Waals surface area contributed by atoms with Gasteiger partial charge in [0.05, 0.1) is 12.2 Å². The van der Waals surface area contributed by atoms with Crippen molar-refractivity contribution in [1.29, 1.82) is 0 Å². The van der Waals surface area contributed by atoms with E-state index in [1.54, 1.807) is 17.5 Å². The van der Waals surface area contributed by atoms with E-state index in [4.69, 9.17) is 16.3 Å². The minimum atomic E-state index is -0.00630. The van der Waals surface area contributed by atoms with E-state index in [0.29, 0.717) is 11.6 Å². The Morgan fingerprint density at radius 2 is 1.79 bits per heavy atom. The first-order valence-electron chi connectivity index (χ1n) is 8.90. The van der Waals surface area contributed by atoms with Gasteiger partial charge in [-0.2, -0.15) is 0 Å². The third kappa shape index (κ3) is 4.09. The molecule has 2 aromatic carbocycles. The highest BCUT2D eigenvalue weighted by molar-refractivity contribution is 7.14. The highest BCUT2D eigenvalue weighted by atomic mass is 35.5. The van der Waals surface area contributed by atoms with Crippen LogP contribution < -0.4 is 9.72 Å². The van der Waals surface area contributed by atoms with E-state index in [1.165, 1.54) is 0 Å². The van der Waals surface area contributed by atoms with Crippen LogP contribution in [0.3, 0.4) is 0 Å². The van der Waals surface area contributed by atoms with E-state index in [2.05, 4.69) is 16.4 Å². The van der Waals surface area contributed by atoms with Crippen molar-refractivity contribution in [3.63, 3.8) is 0 Å². The van der Waals surface area contributed by atoms with Crippen LogP contribution >= 0.6 is 22.9 Å². The number of aliphatic hydroxyl groups excluding tert-OH is 1. The number of nitrogens with one attached hydrogen (secondary N) is 1. The average Bonchev–Trinajstić information content (AvgIpc) is 3.23. The first-order chi connectivity index (χ1) is 13.7. The first-order valence-corrected chi connectivity index (χ1v) is 10.2. The maximum absolute atomic E-state index is 9.45. The Morgan fingerprint density at radius 3 is 2.61 bits per heavy atom. The molecule has 4 aromatic rings. The number of H-pyrrole nitrogens is 1. The number of thiophene rings is 1. The number of hydrogen-bond donors (Lipinski definition) is 1. The average molecular weight is 409 g/mol. The van der Waals surface area contributed by atoms with E-state index in [-0.39, 0.29) is 6.61 Å². The van der Waals surface area contributed by atoms with Crippen LogP contribution in [0.2, 0.25) is 5.02 Å². The Kier molecular flexibility index (Phi) is 5.72. The molecule has 0 spiro atoms. The van der Waals surface area contributed by atoms with Crippen LogP contribution in [0.5, 0.6) is 5.75 Å². The molecule has 0 radical (unpaired) electrons. The fourth-order valence-corrected chi connectivity index (χ4v) is 4.13. The second-order valence-corrected chi connectivity index (χ2v) is 7.72. The molecule has 0 aliphatic rings. The predicted octanol–water partition coefficient (Wildman–Crippen LogP) is 5.62. The van der Waals surface area contributed by atoms with Crippen molar-refractivity contribution < 1.29 is 14.8 Å². The molecule has 0 saturated carbocycles. The summed E-state index contributed by atoms with van der Waals surface area (Å²) in [5, 5.41) is 12.2. The summed E-state index contributed by atoms with van der Waals surface area (Å²) < 4.78 is 6.14. The van der Waals surface area contributed by atoms with Crippen molar-refractivity contribution in [2.45, 2.75) is 13.2 Å². The van der Waals surface area contributed by atoms with Gasteiger partial charge in [-0.05, 0) is 41.3 Å². The molecule has 5 heteroatoms. The molecule has 0 aliphatic carbocycles. The molecule has 2 aromatic heterocycles. The second-order valence-electron chi connectivity index (χ2n) is 6.37. The summed E-state index contributed by atoms with van der Waals surface area (Å²) in [4.78, 5) is 4.21. The summed E-state index contributed by atoms with van der Waals surface area (Å²) in [5.74, 6) is 0.787. The summed E-state index contributed by atoms with van der Waals surface area (Å²) in [6.07, 6.45) is 3.73. The number of benzene rings is 2. The van der Waals surface area contributed by atoms with Gasteiger partial charge in [-0.1, -0.05) is 41.9 Å². The summed E-state index contributed by atoms with van der Waals surface area (Å²) >= 11 is 7.95. The molecule has 0 bridgehead atoms. The number of hydrogen-bond acceptors (Lipinski definition) is 3. The molecule has 4 rings (SSSR count). The SMILES string of the molecule is OCc1c[nH+]cc(-c2sccc2-c2cc(Cl)ccc2OCc2ccccc2)c1. The lowest BCUT2D eigenvalue weighted by atomic mass is 10.0. The fraction of sp³-hybridized carbons (Fsp3) is 0.0870. The number of ether oxygens (including phenoxy) is 1. The van der Waals surface area contributed by atoms with Crippen LogP contribution in [-0.4, -0.2) is 5.11 Å². The lowest BCUT2D eigenvalue weighted by Gasteiger charge is -2.13. The van der Waals surface area contributed by atoms with E-state index in [1.807, 2.05) is 60.8 Å². The topological polar surface area (TPSA) is 43.6 Å². The number of pyridine rings is 1. The zero-order valence-corrected chi connectivity index (χ0v) is 16.6. The molecule has 0 unspecified atom stereocenters. The zero-order chi connectivity index (χ0) is 19.3. The van der Waals surface area contributed by atoms with Crippen molar-refractivity contribution in [2.24, 2.45) is 0 Å². The molecule has 3 nitrogen and oxygen atoms in total. The van der Waals surface area contributed by atoms with Crippen LogP contribution in [0.1, 0.15) is 11.1 Å². The molecule has 0 fully saturated rings. The fourth-order valence-electron chi connectivity index (χ4n) is 3.06. The molecule has 0 saturated heterocycles. The molecule has 0 aliphatic heterocycles. The Balaban J connectivity index is 1.71. The van der Waals surface area contributed by atoms with Gasteiger partial charge in [0.15, 0.2) is 12.4 Å². The van der Waals surface area contributed by atoms with Crippen LogP contribution in [0.25, 0.3) is 21.6 Å². The van der Waals surface area contributed by atoms with Gasteiger partial charge in [-0.25, -0.2) is 4.98 Å². The van der Waals surface area contributed by atoms with Crippen molar-refractivity contribution in [3.8, 4) is 27.3 Å². The summed E-state index contributed by atoms with van der Waals surface area (Å²) in [6.45, 7) is 0.483. The number of aromatic nitrogens is 1. The molecule has 28 heavy (non-hydrogen) atoms. The van der Waals surface area contributed by atoms with Gasteiger partial charge in [0.1, 0.15) is 12.4 Å². The van der Waals surface area contributed by atoms with Gasteiger partial charge in [0.2, 0.25) is 0 Å². The highest BCUT2D eigenvalue weighted by Gasteiger charge is 2.16. The Bertz CT molecular complexity index is 1080. The third-order valence-electron chi connectivity index (χ3n) is 4.43. The van der Waals surface area contributed by atoms with Gasteiger partial charge in [0, 0.05) is 26.6 Å². The number of aliphatic hydroxyl groups is 1. The smallest absolute Gasteiger partial charge is 0.175 e. The van der Waals surface area contributed by atoms with Gasteiger partial charge in [0.25, 0.3) is 0 Å². The minimum Gasteiger partial charge on any atom is -0.488 e.